The Balaban J connectivity index is 2.90. The molecule has 1 radical (unpaired) electrons. The molecule has 0 spiro atoms. The van der Waals surface area contributed by atoms with Crippen molar-refractivity contribution in [3.8, 4) is 0 Å². The van der Waals surface area contributed by atoms with E-state index in [0.29, 0.717) is 5.56 Å². The fourth-order valence-electron chi connectivity index (χ4n) is 0.703. The summed E-state index contributed by atoms with van der Waals surface area (Å²) in [5.41, 5.74) is 0.639. The second-order valence-electron chi connectivity index (χ2n) is 2.01. The Morgan fingerprint density at radius 2 is 1.91 bits per heavy atom. The molecule has 2 nitrogen and oxygen atoms in total. The first-order valence-corrected chi connectivity index (χ1v) is 4.15. The van der Waals surface area contributed by atoms with Crippen LogP contribution in [0.15, 0.2) is 24.3 Å². The minimum absolute atomic E-state index is 0.151. The maximum atomic E-state index is 10.9. The number of carbonyl (C=O) groups is 1. The first-order chi connectivity index (χ1) is 5.24. The highest BCUT2D eigenvalue weighted by molar-refractivity contribution is 14.1. The van der Waals surface area contributed by atoms with Crippen LogP contribution in [0.5, 0.6) is 0 Å². The van der Waals surface area contributed by atoms with Gasteiger partial charge >= 0.3 is 0 Å². The van der Waals surface area contributed by atoms with Crippen LogP contribution in [-0.2, 0) is 0 Å². The summed E-state index contributed by atoms with van der Waals surface area (Å²) in [5.74, 6) is -0.151. The fraction of sp³-hybridized carbons (Fsp3) is 0. The summed E-state index contributed by atoms with van der Waals surface area (Å²) in [6.45, 7) is 0. The molecule has 0 saturated heterocycles. The molecule has 0 unspecified atom stereocenters. The van der Waals surface area contributed by atoms with Crippen LogP contribution >= 0.6 is 22.6 Å². The zero-order chi connectivity index (χ0) is 8.27. The Hall–Kier alpha value is -0.580. The third-order valence-corrected chi connectivity index (χ3v) is 1.99. The van der Waals surface area contributed by atoms with Crippen molar-refractivity contribution in [1.29, 1.82) is 0 Å². The van der Waals surface area contributed by atoms with E-state index in [1.54, 1.807) is 12.1 Å². The van der Waals surface area contributed by atoms with Gasteiger partial charge in [0.25, 0.3) is 5.91 Å². The van der Waals surface area contributed by atoms with E-state index in [1.807, 2.05) is 12.1 Å². The van der Waals surface area contributed by atoms with Crippen LogP contribution in [0.1, 0.15) is 10.4 Å². The standard InChI is InChI=1S/C8H7INO/c1-10-8(11)6-2-4-7(9)5-3-6/h2-5H,1H2,(H,10,11). The Morgan fingerprint density at radius 3 is 2.36 bits per heavy atom. The predicted octanol–water partition coefficient (Wildman–Crippen LogP) is 1.81. The van der Waals surface area contributed by atoms with Crippen LogP contribution in [0.2, 0.25) is 0 Å². The highest BCUT2D eigenvalue weighted by Crippen LogP contribution is 2.06. The molecule has 1 rings (SSSR count). The van der Waals surface area contributed by atoms with Crippen molar-refractivity contribution in [3.63, 3.8) is 0 Å². The summed E-state index contributed by atoms with van der Waals surface area (Å²) in [4.78, 5) is 10.9. The van der Waals surface area contributed by atoms with Gasteiger partial charge in [0.1, 0.15) is 0 Å². The molecule has 1 aromatic rings. The monoisotopic (exact) mass is 260 g/mol. The Kier molecular flexibility index (Phi) is 2.87. The number of halogens is 1. The average Bonchev–Trinajstić information content (AvgIpc) is 2.05. The quantitative estimate of drug-likeness (QED) is 0.766. The van der Waals surface area contributed by atoms with E-state index in [4.69, 9.17) is 0 Å². The molecule has 0 aliphatic rings. The van der Waals surface area contributed by atoms with Gasteiger partial charge in [0, 0.05) is 16.2 Å². The van der Waals surface area contributed by atoms with Gasteiger partial charge in [-0.15, -0.1) is 0 Å². The van der Waals surface area contributed by atoms with Crippen molar-refractivity contribution in [2.75, 3.05) is 0 Å². The lowest BCUT2D eigenvalue weighted by Gasteiger charge is -1.97. The predicted molar refractivity (Wildman–Crippen MR) is 52.0 cm³/mol. The molecule has 0 heterocycles. The van der Waals surface area contributed by atoms with Crippen LogP contribution < -0.4 is 5.32 Å². The summed E-state index contributed by atoms with van der Waals surface area (Å²) in [6.07, 6.45) is 0. The van der Waals surface area contributed by atoms with E-state index < -0.39 is 0 Å². The van der Waals surface area contributed by atoms with Gasteiger partial charge in [-0.05, 0) is 46.9 Å². The summed E-state index contributed by atoms with van der Waals surface area (Å²) in [7, 11) is 3.28. The minimum atomic E-state index is -0.151. The number of carbonyl (C=O) groups excluding carboxylic acids is 1. The molecule has 0 atom stereocenters. The summed E-state index contributed by atoms with van der Waals surface area (Å²) in [6, 6.07) is 7.29. The van der Waals surface area contributed by atoms with E-state index in [9.17, 15) is 4.79 Å². The van der Waals surface area contributed by atoms with Gasteiger partial charge in [-0.1, -0.05) is 0 Å². The molecule has 0 saturated carbocycles. The van der Waals surface area contributed by atoms with Gasteiger partial charge < -0.3 is 5.32 Å². The first-order valence-electron chi connectivity index (χ1n) is 3.07. The number of benzene rings is 1. The molecule has 3 heteroatoms. The molecule has 0 aliphatic carbocycles. The SMILES string of the molecule is [CH2]NC(=O)c1ccc(I)cc1. The third kappa shape index (κ3) is 2.18. The molecule has 57 valence electrons. The van der Waals surface area contributed by atoms with Crippen molar-refractivity contribution < 1.29 is 4.79 Å². The lowest BCUT2D eigenvalue weighted by atomic mass is 10.2. The normalized spacial score (nSPS) is 9.27. The number of hydrogen-bond acceptors (Lipinski definition) is 1. The van der Waals surface area contributed by atoms with Crippen LogP contribution in [0.4, 0.5) is 0 Å². The van der Waals surface area contributed by atoms with Gasteiger partial charge in [0.05, 0.1) is 0 Å². The van der Waals surface area contributed by atoms with Crippen molar-refractivity contribution in [3.05, 3.63) is 40.4 Å². The van der Waals surface area contributed by atoms with Gasteiger partial charge in [0.2, 0.25) is 0 Å². The maximum absolute atomic E-state index is 10.9. The number of rotatable bonds is 1. The van der Waals surface area contributed by atoms with Gasteiger partial charge in [-0.2, -0.15) is 0 Å². The molecular formula is C8H7INO. The fourth-order valence-corrected chi connectivity index (χ4v) is 1.06. The summed E-state index contributed by atoms with van der Waals surface area (Å²) in [5, 5.41) is 2.31. The van der Waals surface area contributed by atoms with Gasteiger partial charge in [-0.3, -0.25) is 4.79 Å². The average molecular weight is 260 g/mol. The number of amides is 1. The van der Waals surface area contributed by atoms with Crippen molar-refractivity contribution in [2.24, 2.45) is 0 Å². The van der Waals surface area contributed by atoms with E-state index in [2.05, 4.69) is 35.0 Å². The first kappa shape index (κ1) is 8.52. The van der Waals surface area contributed by atoms with Crippen molar-refractivity contribution >= 4 is 28.5 Å². The van der Waals surface area contributed by atoms with E-state index in [0.717, 1.165) is 3.57 Å². The highest BCUT2D eigenvalue weighted by atomic mass is 127. The molecular weight excluding hydrogens is 253 g/mol. The molecule has 1 aromatic carbocycles. The molecule has 0 aliphatic heterocycles. The topological polar surface area (TPSA) is 29.1 Å². The highest BCUT2D eigenvalue weighted by Gasteiger charge is 1.99. The Morgan fingerprint density at radius 1 is 1.36 bits per heavy atom. The molecule has 0 aromatic heterocycles. The van der Waals surface area contributed by atoms with E-state index >= 15 is 0 Å². The van der Waals surface area contributed by atoms with Crippen molar-refractivity contribution in [2.45, 2.75) is 0 Å². The smallest absolute Gasteiger partial charge is 0.251 e. The van der Waals surface area contributed by atoms with Crippen molar-refractivity contribution in [1.82, 2.24) is 5.32 Å². The third-order valence-electron chi connectivity index (χ3n) is 1.27. The largest absolute Gasteiger partial charge is 0.350 e. The molecule has 0 bridgehead atoms. The summed E-state index contributed by atoms with van der Waals surface area (Å²) >= 11 is 2.18. The van der Waals surface area contributed by atoms with E-state index in [1.165, 1.54) is 0 Å². The molecule has 1 N–H and O–H groups in total. The lowest BCUT2D eigenvalue weighted by Crippen LogP contribution is -2.15. The van der Waals surface area contributed by atoms with Crippen LogP contribution in [0.25, 0.3) is 0 Å². The van der Waals surface area contributed by atoms with E-state index in [-0.39, 0.29) is 5.91 Å². The zero-order valence-corrected chi connectivity index (χ0v) is 7.96. The van der Waals surface area contributed by atoms with Crippen LogP contribution in [0, 0.1) is 10.6 Å². The van der Waals surface area contributed by atoms with Gasteiger partial charge in [-0.25, -0.2) is 0 Å². The number of hydrogen-bond donors (Lipinski definition) is 1. The van der Waals surface area contributed by atoms with Gasteiger partial charge in [0.15, 0.2) is 0 Å². The zero-order valence-electron chi connectivity index (χ0n) is 5.80. The lowest BCUT2D eigenvalue weighted by molar-refractivity contribution is 0.0969. The molecule has 1 amide bonds. The second kappa shape index (κ2) is 3.71. The Bertz CT molecular complexity index is 255. The van der Waals surface area contributed by atoms with Crippen LogP contribution in [0.3, 0.4) is 0 Å². The Labute approximate surface area is 79.1 Å². The second-order valence-corrected chi connectivity index (χ2v) is 3.26. The summed E-state index contributed by atoms with van der Waals surface area (Å²) < 4.78 is 1.11. The molecule has 0 fully saturated rings. The maximum Gasteiger partial charge on any atom is 0.251 e. The minimum Gasteiger partial charge on any atom is -0.350 e. The molecule has 11 heavy (non-hydrogen) atoms. The van der Waals surface area contributed by atoms with Crippen LogP contribution in [-0.4, -0.2) is 5.91 Å². The number of nitrogens with one attached hydrogen (secondary N) is 1.